The van der Waals surface area contributed by atoms with Crippen molar-refractivity contribution in [1.82, 2.24) is 25.8 Å². The van der Waals surface area contributed by atoms with Crippen molar-refractivity contribution in [2.24, 2.45) is 17.8 Å². The molecule has 0 unspecified atom stereocenters. The lowest BCUT2D eigenvalue weighted by Gasteiger charge is -2.33. The predicted octanol–water partition coefficient (Wildman–Crippen LogP) is 5.62. The highest BCUT2D eigenvalue weighted by molar-refractivity contribution is 5.96. The average molecular weight is 914 g/mol. The molecule has 3 rings (SSSR count). The number of rotatable bonds is 10. The van der Waals surface area contributed by atoms with Crippen molar-refractivity contribution in [2.75, 3.05) is 20.6 Å². The lowest BCUT2D eigenvalue weighted by Crippen LogP contribution is -2.57. The molecule has 66 heavy (non-hydrogen) atoms. The Hall–Kier alpha value is -6.25. The van der Waals surface area contributed by atoms with E-state index in [1.165, 1.54) is 43.8 Å². The normalized spacial score (nSPS) is 26.0. The number of allylic oxidation sites excluding steroid dienone is 3. The number of nitrogens with zero attached hydrogens (tertiary/aromatic N) is 2. The average Bonchev–Trinajstić information content (AvgIpc) is 3.29. The lowest BCUT2D eigenvalue weighted by atomic mass is 9.97. The molecule has 5 amide bonds. The Morgan fingerprint density at radius 3 is 2.08 bits per heavy atom. The summed E-state index contributed by atoms with van der Waals surface area (Å²) in [5, 5.41) is 8.15. The zero-order valence-electron chi connectivity index (χ0n) is 40.7. The van der Waals surface area contributed by atoms with Crippen molar-refractivity contribution in [3.8, 4) is 5.75 Å². The van der Waals surface area contributed by atoms with Gasteiger partial charge in [-0.05, 0) is 81.7 Å². The van der Waals surface area contributed by atoms with E-state index in [0.29, 0.717) is 24.3 Å². The number of ether oxygens (including phenoxy) is 3. The van der Waals surface area contributed by atoms with Crippen LogP contribution < -0.4 is 20.7 Å². The van der Waals surface area contributed by atoms with Gasteiger partial charge in [-0.3, -0.25) is 24.0 Å². The summed E-state index contributed by atoms with van der Waals surface area (Å²) in [7, 11) is 2.87. The van der Waals surface area contributed by atoms with Gasteiger partial charge in [0.1, 0.15) is 42.6 Å². The molecule has 1 aliphatic rings. The molecule has 0 saturated heterocycles. The molecule has 0 aromatic heterocycles. The maximum atomic E-state index is 14.4. The maximum absolute atomic E-state index is 14.4. The minimum absolute atomic E-state index is 0.0272. The first-order valence-corrected chi connectivity index (χ1v) is 22.7. The molecule has 360 valence electrons. The maximum Gasteiger partial charge on any atom is 0.334 e. The van der Waals surface area contributed by atoms with Gasteiger partial charge in [0.25, 0.3) is 5.91 Å². The van der Waals surface area contributed by atoms with E-state index in [1.807, 2.05) is 78.0 Å². The summed E-state index contributed by atoms with van der Waals surface area (Å²) in [6.45, 7) is 17.3. The van der Waals surface area contributed by atoms with Crippen LogP contribution in [0.5, 0.6) is 5.75 Å². The number of benzene rings is 2. The summed E-state index contributed by atoms with van der Waals surface area (Å²) < 4.78 is 17.6. The van der Waals surface area contributed by atoms with Crippen molar-refractivity contribution in [2.45, 2.75) is 131 Å². The van der Waals surface area contributed by atoms with Crippen LogP contribution in [0, 0.1) is 17.8 Å². The van der Waals surface area contributed by atoms with Gasteiger partial charge in [-0.2, -0.15) is 0 Å². The van der Waals surface area contributed by atoms with E-state index in [4.69, 9.17) is 14.2 Å². The highest BCUT2D eigenvalue weighted by atomic mass is 16.6. The lowest BCUT2D eigenvalue weighted by molar-refractivity contribution is -0.154. The van der Waals surface area contributed by atoms with E-state index in [0.717, 1.165) is 11.1 Å². The number of likely N-dealkylation sites (N-methyl/N-ethyl adjacent to an activating group) is 2. The van der Waals surface area contributed by atoms with Crippen LogP contribution >= 0.6 is 0 Å². The number of carbonyl (C=O) groups excluding carboxylic acids is 7. The smallest absolute Gasteiger partial charge is 0.334 e. The van der Waals surface area contributed by atoms with E-state index in [2.05, 4.69) is 16.0 Å². The van der Waals surface area contributed by atoms with Crippen LogP contribution in [0.2, 0.25) is 0 Å². The third-order valence-electron chi connectivity index (χ3n) is 11.6. The molecule has 0 radical (unpaired) electrons. The van der Waals surface area contributed by atoms with Gasteiger partial charge in [-0.25, -0.2) is 9.59 Å². The van der Waals surface area contributed by atoms with Crippen molar-refractivity contribution in [1.29, 1.82) is 0 Å². The van der Waals surface area contributed by atoms with E-state index in [-0.39, 0.29) is 36.2 Å². The van der Waals surface area contributed by atoms with Crippen LogP contribution in [0.3, 0.4) is 0 Å². The molecule has 0 fully saturated rings. The van der Waals surface area contributed by atoms with Crippen LogP contribution in [-0.2, 0) is 56.1 Å². The topological polar surface area (TPSA) is 190 Å². The van der Waals surface area contributed by atoms with E-state index in [9.17, 15) is 33.6 Å². The Balaban J connectivity index is 2.04. The molecule has 1 aliphatic heterocycles. The van der Waals surface area contributed by atoms with Crippen LogP contribution in [0.4, 0.5) is 0 Å². The molecular formula is C51H71N5O10. The predicted molar refractivity (Wildman–Crippen MR) is 252 cm³/mol. The molecule has 15 nitrogen and oxygen atoms in total. The highest BCUT2D eigenvalue weighted by Crippen LogP contribution is 2.21. The zero-order valence-corrected chi connectivity index (χ0v) is 40.7. The molecule has 0 aliphatic carbocycles. The quantitative estimate of drug-likeness (QED) is 0.199. The zero-order chi connectivity index (χ0) is 49.2. The summed E-state index contributed by atoms with van der Waals surface area (Å²) >= 11 is 0. The van der Waals surface area contributed by atoms with Gasteiger partial charge in [-0.1, -0.05) is 108 Å². The monoisotopic (exact) mass is 914 g/mol. The van der Waals surface area contributed by atoms with Crippen LogP contribution in [-0.4, -0.2) is 108 Å². The third-order valence-corrected chi connectivity index (χ3v) is 11.6. The van der Waals surface area contributed by atoms with Crippen LogP contribution in [0.1, 0.15) is 93.2 Å². The number of nitrogens with one attached hydrogen (secondary N) is 3. The molecule has 0 bridgehead atoms. The van der Waals surface area contributed by atoms with Gasteiger partial charge in [0.05, 0.1) is 6.54 Å². The SMILES string of the molecule is C/C=C(\C)[C@H]1OC(=O)[C@@H](C)NC(=O)[C@H]([C@H](C)CC)NC(=O)CN(C)C(=O)[C@@H](Cc2ccc(OCc3ccccc3)cc2)N(C)C(=O)[C@H](C)NC(=O)[C@@H](CC(C)C)OC(=O)/C(C)=C/C=C/[C@@H]1C. The first-order valence-electron chi connectivity index (χ1n) is 22.7. The van der Waals surface area contributed by atoms with Crippen LogP contribution in [0.15, 0.2) is 90.0 Å². The molecule has 3 N–H and O–H groups in total. The molecule has 1 heterocycles. The van der Waals surface area contributed by atoms with E-state index < -0.39 is 84.4 Å². The number of amides is 5. The van der Waals surface area contributed by atoms with Gasteiger partial charge in [0.15, 0.2) is 6.10 Å². The Kier molecular flexibility index (Phi) is 21.3. The van der Waals surface area contributed by atoms with E-state index in [1.54, 1.807) is 50.3 Å². The van der Waals surface area contributed by atoms with Crippen molar-refractivity contribution in [3.05, 3.63) is 101 Å². The fraction of sp³-hybridized carbons (Fsp3) is 0.510. The fourth-order valence-corrected chi connectivity index (χ4v) is 7.14. The Labute approximate surface area is 390 Å². The number of hydrogen-bond acceptors (Lipinski definition) is 10. The molecule has 8 atom stereocenters. The largest absolute Gasteiger partial charge is 0.489 e. The Morgan fingerprint density at radius 2 is 1.47 bits per heavy atom. The molecule has 15 heteroatoms. The molecule has 0 saturated carbocycles. The van der Waals surface area contributed by atoms with Gasteiger partial charge >= 0.3 is 11.9 Å². The minimum Gasteiger partial charge on any atom is -0.489 e. The standard InChI is InChI=1S/C51H71N5O10/c1-13-32(5)44-47(59)53-37(10)51(63)66-45(33(6)14-2)34(7)19-18-20-35(8)50(62)65-42(27-31(3)4)46(58)52-36(9)48(60)56(12)41(49(61)55(11)29-43(57)54-44)28-38-23-25-40(26-24-38)64-30-39-21-16-15-17-22-39/h14-26,31-32,34,36-37,41-42,44-45H,13,27-30H2,1-12H3,(H,52,58)(H,53,59)(H,54,57)/b19-18+,33-14+,35-20+/t32-,34+,36+,37-,41-,42-,44+,45-/m1/s1. The van der Waals surface area contributed by atoms with Crippen molar-refractivity contribution >= 4 is 41.5 Å². The Bertz CT molecular complexity index is 2080. The second-order valence-corrected chi connectivity index (χ2v) is 17.7. The number of carbonyl (C=O) groups is 7. The third kappa shape index (κ3) is 16.3. The minimum atomic E-state index is -1.24. The molecule has 0 spiro atoms. The summed E-state index contributed by atoms with van der Waals surface area (Å²) in [6, 6.07) is 12.3. The first-order chi connectivity index (χ1) is 31.2. The van der Waals surface area contributed by atoms with Gasteiger partial charge in [-0.15, -0.1) is 0 Å². The number of cyclic esters (lactones) is 2. The number of hydrogen-bond donors (Lipinski definition) is 3. The van der Waals surface area contributed by atoms with Crippen LogP contribution in [0.25, 0.3) is 0 Å². The van der Waals surface area contributed by atoms with Gasteiger partial charge in [0, 0.05) is 32.0 Å². The van der Waals surface area contributed by atoms with Crippen molar-refractivity contribution < 1.29 is 47.8 Å². The fourth-order valence-electron chi connectivity index (χ4n) is 7.14. The van der Waals surface area contributed by atoms with Crippen molar-refractivity contribution in [3.63, 3.8) is 0 Å². The van der Waals surface area contributed by atoms with Gasteiger partial charge in [0.2, 0.25) is 23.6 Å². The van der Waals surface area contributed by atoms with Gasteiger partial charge < -0.3 is 40.0 Å². The summed E-state index contributed by atoms with van der Waals surface area (Å²) in [4.78, 5) is 99.0. The second-order valence-electron chi connectivity index (χ2n) is 17.7. The second kappa shape index (κ2) is 26.0. The summed E-state index contributed by atoms with van der Waals surface area (Å²) in [5.41, 5.74) is 2.62. The Morgan fingerprint density at radius 1 is 0.833 bits per heavy atom. The first kappa shape index (κ1) is 54.1. The summed E-state index contributed by atoms with van der Waals surface area (Å²) in [6.07, 6.45) is 5.48. The summed E-state index contributed by atoms with van der Waals surface area (Å²) in [5.74, 6) is -4.79. The van der Waals surface area contributed by atoms with E-state index >= 15 is 0 Å². The number of esters is 2. The molecule has 2 aromatic carbocycles. The molecular weight excluding hydrogens is 843 g/mol. The molecule has 2 aromatic rings. The highest BCUT2D eigenvalue weighted by Gasteiger charge is 2.36.